The molecule has 3 heteroatoms. The number of benzene rings is 1. The van der Waals surface area contributed by atoms with Gasteiger partial charge in [0.2, 0.25) is 0 Å². The zero-order chi connectivity index (χ0) is 14.7. The van der Waals surface area contributed by atoms with Gasteiger partial charge in [0.25, 0.3) is 0 Å². The normalized spacial score (nSPS) is 19.2. The van der Waals surface area contributed by atoms with Crippen LogP contribution in [0.25, 0.3) is 0 Å². The minimum atomic E-state index is 0.703. The third kappa shape index (κ3) is 3.59. The van der Waals surface area contributed by atoms with Gasteiger partial charge in [-0.15, -0.1) is 0 Å². The summed E-state index contributed by atoms with van der Waals surface area (Å²) in [6, 6.07) is 6.60. The maximum Gasteiger partial charge on any atom is 0.119 e. The fourth-order valence-corrected chi connectivity index (χ4v) is 3.21. The van der Waals surface area contributed by atoms with Crippen LogP contribution in [-0.4, -0.2) is 31.1 Å². The summed E-state index contributed by atoms with van der Waals surface area (Å²) in [5, 5.41) is 3.40. The number of nitrogens with zero attached hydrogens (tertiary/aromatic N) is 1. The lowest BCUT2D eigenvalue weighted by atomic mass is 9.98. The second-order valence-electron chi connectivity index (χ2n) is 6.34. The van der Waals surface area contributed by atoms with Gasteiger partial charge in [-0.2, -0.15) is 0 Å². The van der Waals surface area contributed by atoms with Crippen LogP contribution in [0.15, 0.2) is 30.5 Å². The summed E-state index contributed by atoms with van der Waals surface area (Å²) in [5.74, 6) is 1.73. The number of hydrogen-bond acceptors (Lipinski definition) is 3. The lowest BCUT2D eigenvalue weighted by Gasteiger charge is -2.31. The van der Waals surface area contributed by atoms with E-state index in [0.29, 0.717) is 5.92 Å². The van der Waals surface area contributed by atoms with Crippen molar-refractivity contribution >= 4 is 0 Å². The SMILES string of the molecule is C=C(C)N1CCc2ccc(OCC3CCNCC3)cc2C1. The van der Waals surface area contributed by atoms with Crippen molar-refractivity contribution in [3.05, 3.63) is 41.6 Å². The van der Waals surface area contributed by atoms with Gasteiger partial charge < -0.3 is 15.0 Å². The summed E-state index contributed by atoms with van der Waals surface area (Å²) >= 11 is 0. The highest BCUT2D eigenvalue weighted by molar-refractivity contribution is 5.37. The molecule has 0 bridgehead atoms. The summed E-state index contributed by atoms with van der Waals surface area (Å²) in [5.41, 5.74) is 4.01. The summed E-state index contributed by atoms with van der Waals surface area (Å²) in [4.78, 5) is 2.35. The minimum Gasteiger partial charge on any atom is -0.493 e. The van der Waals surface area contributed by atoms with Gasteiger partial charge in [-0.1, -0.05) is 12.6 Å². The first-order chi connectivity index (χ1) is 10.2. The van der Waals surface area contributed by atoms with Crippen LogP contribution >= 0.6 is 0 Å². The second-order valence-corrected chi connectivity index (χ2v) is 6.34. The Morgan fingerprint density at radius 2 is 2.14 bits per heavy atom. The molecule has 0 radical (unpaired) electrons. The molecule has 2 heterocycles. The van der Waals surface area contributed by atoms with E-state index in [1.54, 1.807) is 0 Å². The van der Waals surface area contributed by atoms with Crippen LogP contribution in [0.3, 0.4) is 0 Å². The van der Waals surface area contributed by atoms with Gasteiger partial charge >= 0.3 is 0 Å². The van der Waals surface area contributed by atoms with Crippen molar-refractivity contribution in [3.8, 4) is 5.75 Å². The quantitative estimate of drug-likeness (QED) is 0.921. The van der Waals surface area contributed by atoms with Crippen molar-refractivity contribution in [3.63, 3.8) is 0 Å². The predicted octanol–water partition coefficient (Wildman–Crippen LogP) is 2.96. The van der Waals surface area contributed by atoms with Crippen molar-refractivity contribution < 1.29 is 4.74 Å². The van der Waals surface area contributed by atoms with Crippen LogP contribution in [0, 0.1) is 5.92 Å². The van der Waals surface area contributed by atoms with Gasteiger partial charge in [0.1, 0.15) is 5.75 Å². The molecule has 1 saturated heterocycles. The largest absolute Gasteiger partial charge is 0.493 e. The van der Waals surface area contributed by atoms with E-state index in [4.69, 9.17) is 4.74 Å². The molecule has 0 amide bonds. The van der Waals surface area contributed by atoms with Gasteiger partial charge in [-0.05, 0) is 68.5 Å². The standard InChI is InChI=1S/C18H26N2O/c1-14(2)20-10-7-16-3-4-18(11-17(16)12-20)21-13-15-5-8-19-9-6-15/h3-4,11,15,19H,1,5-10,12-13H2,2H3. The average Bonchev–Trinajstić information content (AvgIpc) is 2.53. The summed E-state index contributed by atoms with van der Waals surface area (Å²) < 4.78 is 6.04. The number of fused-ring (bicyclic) bond motifs is 1. The first-order valence-electron chi connectivity index (χ1n) is 8.08. The van der Waals surface area contributed by atoms with Crippen molar-refractivity contribution in [1.29, 1.82) is 0 Å². The molecule has 0 atom stereocenters. The maximum absolute atomic E-state index is 6.04. The molecule has 3 rings (SSSR count). The molecule has 0 aromatic heterocycles. The highest BCUT2D eigenvalue weighted by Gasteiger charge is 2.17. The molecular formula is C18H26N2O. The van der Waals surface area contributed by atoms with Crippen molar-refractivity contribution in [2.75, 3.05) is 26.2 Å². The summed E-state index contributed by atoms with van der Waals surface area (Å²) in [6.07, 6.45) is 3.57. The number of rotatable bonds is 4. The molecule has 0 saturated carbocycles. The van der Waals surface area contributed by atoms with Crippen LogP contribution in [0.4, 0.5) is 0 Å². The smallest absolute Gasteiger partial charge is 0.119 e. The molecule has 0 spiro atoms. The third-order valence-corrected chi connectivity index (χ3v) is 4.67. The lowest BCUT2D eigenvalue weighted by molar-refractivity contribution is 0.214. The van der Waals surface area contributed by atoms with Crippen LogP contribution < -0.4 is 10.1 Å². The van der Waals surface area contributed by atoms with Crippen molar-refractivity contribution in [2.45, 2.75) is 32.7 Å². The van der Waals surface area contributed by atoms with E-state index < -0.39 is 0 Å². The van der Waals surface area contributed by atoms with E-state index in [9.17, 15) is 0 Å². The molecule has 0 aliphatic carbocycles. The Kier molecular flexibility index (Phi) is 4.49. The third-order valence-electron chi connectivity index (χ3n) is 4.67. The van der Waals surface area contributed by atoms with E-state index in [0.717, 1.165) is 50.7 Å². The van der Waals surface area contributed by atoms with E-state index in [-0.39, 0.29) is 0 Å². The Morgan fingerprint density at radius 3 is 2.90 bits per heavy atom. The Labute approximate surface area is 128 Å². The molecule has 3 nitrogen and oxygen atoms in total. The van der Waals surface area contributed by atoms with Crippen LogP contribution in [0.5, 0.6) is 5.75 Å². The van der Waals surface area contributed by atoms with E-state index in [2.05, 4.69) is 41.9 Å². The number of allylic oxidation sites excluding steroid dienone is 1. The molecule has 1 aromatic rings. The van der Waals surface area contributed by atoms with E-state index >= 15 is 0 Å². The van der Waals surface area contributed by atoms with E-state index in [1.807, 2.05) is 0 Å². The lowest BCUT2D eigenvalue weighted by Crippen LogP contribution is -2.30. The Balaban J connectivity index is 1.62. The molecule has 1 fully saturated rings. The predicted molar refractivity (Wildman–Crippen MR) is 86.5 cm³/mol. The topological polar surface area (TPSA) is 24.5 Å². The van der Waals surface area contributed by atoms with Crippen LogP contribution in [0.1, 0.15) is 30.9 Å². The van der Waals surface area contributed by atoms with Gasteiger partial charge in [0.15, 0.2) is 0 Å². The first kappa shape index (κ1) is 14.5. The zero-order valence-electron chi connectivity index (χ0n) is 13.0. The number of hydrogen-bond donors (Lipinski definition) is 1. The molecular weight excluding hydrogens is 260 g/mol. The highest BCUT2D eigenvalue weighted by atomic mass is 16.5. The number of nitrogens with one attached hydrogen (secondary N) is 1. The fourth-order valence-electron chi connectivity index (χ4n) is 3.21. The first-order valence-corrected chi connectivity index (χ1v) is 8.08. The van der Waals surface area contributed by atoms with Gasteiger partial charge in [0.05, 0.1) is 6.61 Å². The van der Waals surface area contributed by atoms with Gasteiger partial charge in [-0.25, -0.2) is 0 Å². The molecule has 0 unspecified atom stereocenters. The van der Waals surface area contributed by atoms with E-state index in [1.165, 1.54) is 24.0 Å². The average molecular weight is 286 g/mol. The van der Waals surface area contributed by atoms with Gasteiger partial charge in [-0.3, -0.25) is 0 Å². The monoisotopic (exact) mass is 286 g/mol. The molecule has 21 heavy (non-hydrogen) atoms. The molecule has 1 aromatic carbocycles. The van der Waals surface area contributed by atoms with Crippen molar-refractivity contribution in [1.82, 2.24) is 10.2 Å². The highest BCUT2D eigenvalue weighted by Crippen LogP contribution is 2.26. The maximum atomic E-state index is 6.04. The summed E-state index contributed by atoms with van der Waals surface area (Å²) in [6.45, 7) is 11.3. The minimum absolute atomic E-state index is 0.703. The van der Waals surface area contributed by atoms with Crippen molar-refractivity contribution in [2.24, 2.45) is 5.92 Å². The van der Waals surface area contributed by atoms with Crippen LogP contribution in [-0.2, 0) is 13.0 Å². The molecule has 114 valence electrons. The fraction of sp³-hybridized carbons (Fsp3) is 0.556. The number of piperidine rings is 1. The zero-order valence-corrected chi connectivity index (χ0v) is 13.0. The Bertz CT molecular complexity index is 506. The molecule has 1 N–H and O–H groups in total. The van der Waals surface area contributed by atoms with Crippen LogP contribution in [0.2, 0.25) is 0 Å². The molecule has 2 aliphatic rings. The Hall–Kier alpha value is -1.48. The number of ether oxygens (including phenoxy) is 1. The van der Waals surface area contributed by atoms with Gasteiger partial charge in [0, 0.05) is 18.8 Å². The second kappa shape index (κ2) is 6.52. The Morgan fingerprint density at radius 1 is 1.33 bits per heavy atom. The molecule has 2 aliphatic heterocycles. The summed E-state index contributed by atoms with van der Waals surface area (Å²) in [7, 11) is 0.